The van der Waals surface area contributed by atoms with E-state index in [0.29, 0.717) is 31.3 Å². The Labute approximate surface area is 163 Å². The Morgan fingerprint density at radius 3 is 2.82 bits per heavy atom. The van der Waals surface area contributed by atoms with Gasteiger partial charge in [-0.1, -0.05) is 0 Å². The topological polar surface area (TPSA) is 51.9 Å². The molecule has 0 aromatic carbocycles. The van der Waals surface area contributed by atoms with Crippen molar-refractivity contribution in [3.8, 4) is 0 Å². The molecule has 0 radical (unpaired) electrons. The molecule has 4 heterocycles. The van der Waals surface area contributed by atoms with Gasteiger partial charge in [0, 0.05) is 31.9 Å². The van der Waals surface area contributed by atoms with Crippen LogP contribution in [0.25, 0.3) is 11.4 Å². The zero-order valence-corrected chi connectivity index (χ0v) is 15.9. The van der Waals surface area contributed by atoms with Gasteiger partial charge in [0.05, 0.1) is 12.4 Å². The van der Waals surface area contributed by atoms with Crippen LogP contribution in [-0.4, -0.2) is 47.3 Å². The van der Waals surface area contributed by atoms with Gasteiger partial charge in [0.1, 0.15) is 24.8 Å². The van der Waals surface area contributed by atoms with Gasteiger partial charge in [0.2, 0.25) is 5.78 Å². The Hall–Kier alpha value is -2.57. The Kier molecular flexibility index (Phi) is 4.66. The average Bonchev–Trinajstić information content (AvgIpc) is 3.17. The van der Waals surface area contributed by atoms with E-state index in [9.17, 15) is 4.39 Å². The van der Waals surface area contributed by atoms with Crippen LogP contribution in [0.3, 0.4) is 0 Å². The summed E-state index contributed by atoms with van der Waals surface area (Å²) >= 11 is 0. The van der Waals surface area contributed by atoms with Crippen molar-refractivity contribution in [3.05, 3.63) is 41.7 Å². The fourth-order valence-corrected chi connectivity index (χ4v) is 4.27. The Morgan fingerprint density at radius 2 is 1.96 bits per heavy atom. The fourth-order valence-electron chi connectivity index (χ4n) is 4.27. The number of piperidine rings is 1. The Morgan fingerprint density at radius 1 is 1.11 bits per heavy atom. The first-order chi connectivity index (χ1) is 13.8. The Bertz CT molecular complexity index is 928. The van der Waals surface area contributed by atoms with Gasteiger partial charge in [0.15, 0.2) is 5.76 Å². The minimum absolute atomic E-state index is 0.211. The third-order valence-electron chi connectivity index (χ3n) is 5.92. The molecule has 0 N–H and O–H groups in total. The van der Waals surface area contributed by atoms with Crippen molar-refractivity contribution in [1.82, 2.24) is 14.4 Å². The van der Waals surface area contributed by atoms with Gasteiger partial charge in [-0.15, -0.1) is 0 Å². The second-order valence-corrected chi connectivity index (χ2v) is 7.68. The minimum Gasteiger partial charge on any atom is -0.491 e. The number of rotatable bonds is 4. The van der Waals surface area contributed by atoms with E-state index in [1.165, 1.54) is 0 Å². The van der Waals surface area contributed by atoms with Crippen LogP contribution in [-0.2, 0) is 9.47 Å². The maximum absolute atomic E-state index is 12.6. The predicted octanol–water partition coefficient (Wildman–Crippen LogP) is 3.74. The molecule has 148 valence electrons. The van der Waals surface area contributed by atoms with Gasteiger partial charge >= 0.3 is 0 Å². The van der Waals surface area contributed by atoms with Crippen LogP contribution in [0.5, 0.6) is 0 Å². The number of ether oxygens (including phenoxy) is 2. The fraction of sp³-hybridized carbons (Fsp3) is 0.524. The number of alkyl halides is 1. The van der Waals surface area contributed by atoms with Crippen LogP contribution in [0.15, 0.2) is 36.1 Å². The first-order valence-electron chi connectivity index (χ1n) is 10.2. The highest BCUT2D eigenvalue weighted by Crippen LogP contribution is 2.33. The van der Waals surface area contributed by atoms with Gasteiger partial charge in [0.25, 0.3) is 0 Å². The molecule has 5 rings (SSSR count). The summed E-state index contributed by atoms with van der Waals surface area (Å²) in [7, 11) is 0. The number of imidazole rings is 1. The highest BCUT2D eigenvalue weighted by Gasteiger charge is 2.23. The number of halogens is 1. The van der Waals surface area contributed by atoms with Crippen LogP contribution >= 0.6 is 0 Å². The van der Waals surface area contributed by atoms with Gasteiger partial charge in [-0.05, 0) is 49.3 Å². The maximum atomic E-state index is 12.6. The molecule has 2 aliphatic heterocycles. The maximum Gasteiger partial charge on any atom is 0.236 e. The molecule has 0 amide bonds. The third-order valence-corrected chi connectivity index (χ3v) is 5.92. The summed E-state index contributed by atoms with van der Waals surface area (Å²) < 4.78 is 25.9. The van der Waals surface area contributed by atoms with E-state index in [1.54, 1.807) is 0 Å². The van der Waals surface area contributed by atoms with Crippen molar-refractivity contribution in [3.63, 3.8) is 0 Å². The van der Waals surface area contributed by atoms with Crippen LogP contribution in [0, 0.1) is 5.92 Å². The summed E-state index contributed by atoms with van der Waals surface area (Å²) in [5.41, 5.74) is 2.09. The summed E-state index contributed by atoms with van der Waals surface area (Å²) in [6.07, 6.45) is 10.6. The molecule has 0 unspecified atom stereocenters. The summed E-state index contributed by atoms with van der Waals surface area (Å²) in [4.78, 5) is 11.8. The van der Waals surface area contributed by atoms with E-state index in [4.69, 9.17) is 19.4 Å². The van der Waals surface area contributed by atoms with Gasteiger partial charge < -0.3 is 14.4 Å². The van der Waals surface area contributed by atoms with E-state index in [2.05, 4.69) is 11.0 Å². The van der Waals surface area contributed by atoms with Crippen LogP contribution < -0.4 is 4.90 Å². The number of hydrogen-bond acceptors (Lipinski definition) is 5. The first-order valence-corrected chi connectivity index (χ1v) is 10.2. The molecule has 1 fully saturated rings. The van der Waals surface area contributed by atoms with Gasteiger partial charge in [-0.3, -0.25) is 8.79 Å². The lowest BCUT2D eigenvalue weighted by molar-refractivity contribution is 0.0635. The van der Waals surface area contributed by atoms with Crippen molar-refractivity contribution >= 4 is 17.2 Å². The summed E-state index contributed by atoms with van der Waals surface area (Å²) in [6, 6.07) is 2.04. The zero-order valence-electron chi connectivity index (χ0n) is 15.9. The van der Waals surface area contributed by atoms with E-state index in [1.807, 2.05) is 22.9 Å². The lowest BCUT2D eigenvalue weighted by atomic mass is 9.94. The van der Waals surface area contributed by atoms with Crippen molar-refractivity contribution in [1.29, 1.82) is 0 Å². The number of nitrogens with zero attached hydrogens (tertiary/aromatic N) is 4. The lowest BCUT2D eigenvalue weighted by Gasteiger charge is -2.32. The molecule has 7 heteroatoms. The number of allylic oxidation sites excluding steroid dienone is 3. The first kappa shape index (κ1) is 17.5. The van der Waals surface area contributed by atoms with Crippen LogP contribution in [0.1, 0.15) is 37.8 Å². The molecule has 1 saturated heterocycles. The monoisotopic (exact) mass is 384 g/mol. The van der Waals surface area contributed by atoms with E-state index < -0.39 is 0 Å². The number of fused-ring (bicyclic) bond motifs is 1. The standard InChI is InChI=1S/C21H25FN4O2/c22-7-3-15-4-8-25(9-5-15)20-6-10-26-14-17(23-21(26)24-20)16-1-2-18-19(13-16)28-12-11-27-18/h6,10,13-15H,1-5,7-9,11-12H2. The predicted molar refractivity (Wildman–Crippen MR) is 105 cm³/mol. The van der Waals surface area contributed by atoms with E-state index >= 15 is 0 Å². The molecule has 2 aromatic rings. The van der Waals surface area contributed by atoms with Crippen molar-refractivity contribution in [2.75, 3.05) is 37.9 Å². The molecular weight excluding hydrogens is 359 g/mol. The van der Waals surface area contributed by atoms with E-state index in [0.717, 1.165) is 67.4 Å². The van der Waals surface area contributed by atoms with Crippen LogP contribution in [0.4, 0.5) is 10.2 Å². The normalized spacial score (nSPS) is 20.6. The van der Waals surface area contributed by atoms with E-state index in [-0.39, 0.29) is 6.67 Å². The SMILES string of the molecule is FCCC1CCN(c2ccn3cc(C4=CC5=C(CC4)OCCO5)nc3n2)CC1. The van der Waals surface area contributed by atoms with Crippen LogP contribution in [0.2, 0.25) is 0 Å². The molecule has 2 aromatic heterocycles. The zero-order chi connectivity index (χ0) is 18.9. The minimum atomic E-state index is -0.211. The molecule has 0 bridgehead atoms. The molecule has 0 saturated carbocycles. The van der Waals surface area contributed by atoms with Crippen molar-refractivity contribution in [2.24, 2.45) is 5.92 Å². The van der Waals surface area contributed by atoms with Gasteiger partial charge in [-0.25, -0.2) is 4.98 Å². The number of hydrogen-bond donors (Lipinski definition) is 0. The quantitative estimate of drug-likeness (QED) is 0.804. The molecule has 0 atom stereocenters. The molecule has 0 spiro atoms. The molecular formula is C21H25FN4O2. The molecule has 6 nitrogen and oxygen atoms in total. The van der Waals surface area contributed by atoms with Gasteiger partial charge in [-0.2, -0.15) is 4.98 Å². The highest BCUT2D eigenvalue weighted by molar-refractivity contribution is 5.68. The van der Waals surface area contributed by atoms with Crippen molar-refractivity contribution in [2.45, 2.75) is 32.1 Å². The second kappa shape index (κ2) is 7.45. The molecule has 1 aliphatic carbocycles. The molecule has 28 heavy (non-hydrogen) atoms. The highest BCUT2D eigenvalue weighted by atomic mass is 19.1. The Balaban J connectivity index is 1.36. The summed E-state index contributed by atoms with van der Waals surface area (Å²) in [5.74, 6) is 3.96. The van der Waals surface area contributed by atoms with Crippen molar-refractivity contribution < 1.29 is 13.9 Å². The lowest BCUT2D eigenvalue weighted by Crippen LogP contribution is -2.34. The molecule has 3 aliphatic rings. The third kappa shape index (κ3) is 3.34. The summed E-state index contributed by atoms with van der Waals surface area (Å²) in [6.45, 7) is 2.88. The largest absolute Gasteiger partial charge is 0.491 e. The summed E-state index contributed by atoms with van der Waals surface area (Å²) in [5, 5.41) is 0. The number of anilines is 1. The average molecular weight is 384 g/mol. The number of aromatic nitrogens is 3. The second-order valence-electron chi connectivity index (χ2n) is 7.68. The smallest absolute Gasteiger partial charge is 0.236 e.